The fraction of sp³-hybridized carbons (Fsp3) is 0.379. The Balaban J connectivity index is 1.49. The zero-order valence-corrected chi connectivity index (χ0v) is 18.3. The van der Waals surface area contributed by atoms with Crippen LogP contribution in [0.15, 0.2) is 66.7 Å². The first-order valence-corrected chi connectivity index (χ1v) is 11.7. The van der Waals surface area contributed by atoms with Crippen molar-refractivity contribution < 1.29 is 4.39 Å². The standard InChI is InChI=1S/C29H33F/c1-3-5-21-7-10-23(11-8-21)24-13-15-25(16-14-24)28-18-17-27(20-29(28)30)26-12-9-22(19-26)6-4-2/h7-8,10-11,13-18,20,22,26H,3-6,9,12,19H2,1-2H3. The van der Waals surface area contributed by atoms with Crippen molar-refractivity contribution in [3.63, 3.8) is 0 Å². The molecule has 0 aromatic heterocycles. The van der Waals surface area contributed by atoms with Gasteiger partial charge in [0.05, 0.1) is 0 Å². The lowest BCUT2D eigenvalue weighted by Crippen LogP contribution is -1.97. The molecule has 0 heterocycles. The molecule has 0 nitrogen and oxygen atoms in total. The van der Waals surface area contributed by atoms with Gasteiger partial charge in [0, 0.05) is 5.56 Å². The molecule has 0 amide bonds. The summed E-state index contributed by atoms with van der Waals surface area (Å²) in [5.41, 5.74) is 6.58. The van der Waals surface area contributed by atoms with E-state index in [-0.39, 0.29) is 5.82 Å². The molecule has 0 aliphatic heterocycles. The number of rotatable bonds is 7. The van der Waals surface area contributed by atoms with Crippen molar-refractivity contribution in [2.24, 2.45) is 5.92 Å². The monoisotopic (exact) mass is 400 g/mol. The number of hydrogen-bond acceptors (Lipinski definition) is 0. The second kappa shape index (κ2) is 9.60. The van der Waals surface area contributed by atoms with Crippen LogP contribution in [-0.4, -0.2) is 0 Å². The molecule has 2 unspecified atom stereocenters. The molecule has 1 saturated carbocycles. The summed E-state index contributed by atoms with van der Waals surface area (Å²) in [5, 5.41) is 0. The summed E-state index contributed by atoms with van der Waals surface area (Å²) in [4.78, 5) is 0. The van der Waals surface area contributed by atoms with Crippen molar-refractivity contribution >= 4 is 0 Å². The van der Waals surface area contributed by atoms with Gasteiger partial charge in [0.2, 0.25) is 0 Å². The first kappa shape index (κ1) is 20.8. The zero-order chi connectivity index (χ0) is 20.9. The van der Waals surface area contributed by atoms with Gasteiger partial charge in [0.15, 0.2) is 0 Å². The number of benzene rings is 3. The zero-order valence-electron chi connectivity index (χ0n) is 18.3. The van der Waals surface area contributed by atoms with Gasteiger partial charge in [-0.05, 0) is 71.4 Å². The van der Waals surface area contributed by atoms with Gasteiger partial charge in [-0.15, -0.1) is 0 Å². The molecular formula is C29H33F. The van der Waals surface area contributed by atoms with E-state index in [9.17, 15) is 4.39 Å². The van der Waals surface area contributed by atoms with Crippen LogP contribution in [0.2, 0.25) is 0 Å². The van der Waals surface area contributed by atoms with Gasteiger partial charge in [-0.2, -0.15) is 0 Å². The summed E-state index contributed by atoms with van der Waals surface area (Å²) in [5.74, 6) is 1.26. The molecular weight excluding hydrogens is 367 g/mol. The highest BCUT2D eigenvalue weighted by atomic mass is 19.1. The van der Waals surface area contributed by atoms with Crippen LogP contribution in [0.4, 0.5) is 4.39 Å². The second-order valence-corrected chi connectivity index (χ2v) is 8.93. The molecule has 1 aliphatic rings. The van der Waals surface area contributed by atoms with Gasteiger partial charge < -0.3 is 0 Å². The maximum Gasteiger partial charge on any atom is 0.131 e. The third kappa shape index (κ3) is 4.67. The Morgan fingerprint density at radius 2 is 1.43 bits per heavy atom. The number of hydrogen-bond donors (Lipinski definition) is 0. The molecule has 156 valence electrons. The molecule has 30 heavy (non-hydrogen) atoms. The molecule has 0 N–H and O–H groups in total. The van der Waals surface area contributed by atoms with Gasteiger partial charge in [-0.1, -0.05) is 93.8 Å². The highest BCUT2D eigenvalue weighted by Gasteiger charge is 2.25. The molecule has 1 heteroatoms. The Bertz CT molecular complexity index is 953. The summed E-state index contributed by atoms with van der Waals surface area (Å²) in [7, 11) is 0. The average Bonchev–Trinajstić information content (AvgIpc) is 3.24. The van der Waals surface area contributed by atoms with Crippen LogP contribution in [0.3, 0.4) is 0 Å². The van der Waals surface area contributed by atoms with Crippen molar-refractivity contribution in [1.82, 2.24) is 0 Å². The summed E-state index contributed by atoms with van der Waals surface area (Å²) in [6.07, 6.45) is 8.57. The van der Waals surface area contributed by atoms with E-state index >= 15 is 0 Å². The van der Waals surface area contributed by atoms with Crippen LogP contribution in [0.1, 0.15) is 69.4 Å². The predicted molar refractivity (Wildman–Crippen MR) is 126 cm³/mol. The summed E-state index contributed by atoms with van der Waals surface area (Å²) < 4.78 is 15.0. The van der Waals surface area contributed by atoms with E-state index in [0.29, 0.717) is 11.5 Å². The Hall–Kier alpha value is -2.41. The Morgan fingerprint density at radius 3 is 2.07 bits per heavy atom. The minimum atomic E-state index is -0.0943. The van der Waals surface area contributed by atoms with E-state index in [0.717, 1.165) is 17.9 Å². The van der Waals surface area contributed by atoms with Crippen molar-refractivity contribution in [2.75, 3.05) is 0 Å². The largest absolute Gasteiger partial charge is 0.206 e. The molecule has 1 fully saturated rings. The summed E-state index contributed by atoms with van der Waals surface area (Å²) in [6, 6.07) is 23.0. The van der Waals surface area contributed by atoms with Gasteiger partial charge >= 0.3 is 0 Å². The Kier molecular flexibility index (Phi) is 6.67. The van der Waals surface area contributed by atoms with Crippen molar-refractivity contribution in [2.45, 2.75) is 64.7 Å². The quantitative estimate of drug-likeness (QED) is 0.372. The summed E-state index contributed by atoms with van der Waals surface area (Å²) >= 11 is 0. The Morgan fingerprint density at radius 1 is 0.767 bits per heavy atom. The highest BCUT2D eigenvalue weighted by Crippen LogP contribution is 2.41. The van der Waals surface area contributed by atoms with Gasteiger partial charge in [0.1, 0.15) is 5.82 Å². The third-order valence-corrected chi connectivity index (χ3v) is 6.72. The van der Waals surface area contributed by atoms with Gasteiger partial charge in [-0.3, -0.25) is 0 Å². The van der Waals surface area contributed by atoms with Crippen molar-refractivity contribution in [3.8, 4) is 22.3 Å². The minimum Gasteiger partial charge on any atom is -0.206 e. The van der Waals surface area contributed by atoms with E-state index in [1.165, 1.54) is 60.8 Å². The van der Waals surface area contributed by atoms with Crippen LogP contribution in [-0.2, 0) is 6.42 Å². The second-order valence-electron chi connectivity index (χ2n) is 8.93. The lowest BCUT2D eigenvalue weighted by atomic mass is 9.92. The minimum absolute atomic E-state index is 0.0943. The first-order valence-electron chi connectivity index (χ1n) is 11.7. The van der Waals surface area contributed by atoms with Crippen molar-refractivity contribution in [1.29, 1.82) is 0 Å². The van der Waals surface area contributed by atoms with Crippen LogP contribution < -0.4 is 0 Å². The maximum atomic E-state index is 15.0. The van der Waals surface area contributed by atoms with Crippen LogP contribution >= 0.6 is 0 Å². The average molecular weight is 401 g/mol. The normalized spacial score (nSPS) is 18.6. The van der Waals surface area contributed by atoms with Gasteiger partial charge in [0.25, 0.3) is 0 Å². The lowest BCUT2D eigenvalue weighted by Gasteiger charge is -2.13. The van der Waals surface area contributed by atoms with E-state index in [4.69, 9.17) is 0 Å². The first-order chi connectivity index (χ1) is 14.7. The third-order valence-electron chi connectivity index (χ3n) is 6.72. The van der Waals surface area contributed by atoms with Crippen molar-refractivity contribution in [3.05, 3.63) is 83.7 Å². The van der Waals surface area contributed by atoms with E-state index in [1.54, 1.807) is 6.07 Å². The molecule has 0 radical (unpaired) electrons. The topological polar surface area (TPSA) is 0 Å². The van der Waals surface area contributed by atoms with Crippen LogP contribution in [0.5, 0.6) is 0 Å². The van der Waals surface area contributed by atoms with Crippen LogP contribution in [0, 0.1) is 11.7 Å². The summed E-state index contributed by atoms with van der Waals surface area (Å²) in [6.45, 7) is 4.46. The molecule has 0 spiro atoms. The fourth-order valence-corrected chi connectivity index (χ4v) is 5.06. The molecule has 4 rings (SSSR count). The maximum absolute atomic E-state index is 15.0. The Labute approximate surface area is 181 Å². The van der Waals surface area contributed by atoms with E-state index in [1.807, 2.05) is 18.2 Å². The molecule has 1 aliphatic carbocycles. The smallest absolute Gasteiger partial charge is 0.131 e. The fourth-order valence-electron chi connectivity index (χ4n) is 5.06. The SMILES string of the molecule is CCCc1ccc(-c2ccc(-c3ccc(C4CCC(CCC)C4)cc3F)cc2)cc1. The van der Waals surface area contributed by atoms with Gasteiger partial charge in [-0.25, -0.2) is 4.39 Å². The molecule has 3 aromatic rings. The highest BCUT2D eigenvalue weighted by molar-refractivity contribution is 5.71. The van der Waals surface area contributed by atoms with Crippen LogP contribution in [0.25, 0.3) is 22.3 Å². The lowest BCUT2D eigenvalue weighted by molar-refractivity contribution is 0.489. The molecule has 3 aromatic carbocycles. The van der Waals surface area contributed by atoms with E-state index in [2.05, 4.69) is 56.3 Å². The number of halogens is 1. The van der Waals surface area contributed by atoms with E-state index < -0.39 is 0 Å². The molecule has 0 bridgehead atoms. The molecule has 0 saturated heterocycles. The predicted octanol–water partition coefficient (Wildman–Crippen LogP) is 8.80. The molecule has 2 atom stereocenters. The number of aryl methyl sites for hydroxylation is 1.